The lowest BCUT2D eigenvalue weighted by Gasteiger charge is -2.12. The first-order valence-electron chi connectivity index (χ1n) is 10.2. The summed E-state index contributed by atoms with van der Waals surface area (Å²) in [7, 11) is 1.71. The van der Waals surface area contributed by atoms with E-state index in [2.05, 4.69) is 28.4 Å². The Bertz CT molecular complexity index is 1110. The predicted molar refractivity (Wildman–Crippen MR) is 121 cm³/mol. The minimum atomic E-state index is -4.88. The molecule has 0 aliphatic carbocycles. The van der Waals surface area contributed by atoms with Gasteiger partial charge in [0.2, 0.25) is 0 Å². The predicted octanol–water partition coefficient (Wildman–Crippen LogP) is 3.83. The van der Waals surface area contributed by atoms with Crippen molar-refractivity contribution in [2.45, 2.75) is 39.6 Å². The number of hydrogen-bond donors (Lipinski definition) is 2. The molecule has 0 saturated heterocycles. The van der Waals surface area contributed by atoms with Gasteiger partial charge in [0.25, 0.3) is 5.91 Å². The lowest BCUT2D eigenvalue weighted by atomic mass is 10.1. The molecule has 1 aromatic carbocycles. The third-order valence-electron chi connectivity index (χ3n) is 4.02. The molecule has 0 fully saturated rings. The lowest BCUT2D eigenvalue weighted by molar-refractivity contribution is -0.143. The normalized spacial score (nSPS) is 12.7. The third kappa shape index (κ3) is 6.92. The molecule has 0 saturated carbocycles. The van der Waals surface area contributed by atoms with Gasteiger partial charge in [-0.15, -0.1) is 0 Å². The zero-order valence-corrected chi connectivity index (χ0v) is 19.2. The van der Waals surface area contributed by atoms with Crippen molar-refractivity contribution in [2.24, 2.45) is 10.7 Å². The summed E-state index contributed by atoms with van der Waals surface area (Å²) in [6.45, 7) is 8.31. The second-order valence-corrected chi connectivity index (χ2v) is 6.41. The first kappa shape index (κ1) is 28.4. The van der Waals surface area contributed by atoms with Crippen molar-refractivity contribution < 1.29 is 32.2 Å². The van der Waals surface area contributed by atoms with E-state index in [4.69, 9.17) is 10.5 Å². The van der Waals surface area contributed by atoms with Crippen LogP contribution in [0.3, 0.4) is 0 Å². The molecular formula is C23H26F4N4O3. The molecule has 1 amide bonds. The van der Waals surface area contributed by atoms with E-state index >= 15 is 0 Å². The molecule has 1 aliphatic rings. The zero-order valence-electron chi connectivity index (χ0n) is 19.2. The monoisotopic (exact) mass is 482 g/mol. The molecule has 2 aromatic rings. The molecule has 1 aliphatic heterocycles. The van der Waals surface area contributed by atoms with E-state index in [0.29, 0.717) is 0 Å². The highest BCUT2D eigenvalue weighted by Crippen LogP contribution is 2.40. The van der Waals surface area contributed by atoms with Crippen LogP contribution in [0.2, 0.25) is 0 Å². The number of nitrogens with two attached hydrogens (primary N) is 1. The van der Waals surface area contributed by atoms with E-state index in [0.717, 1.165) is 16.7 Å². The highest BCUT2D eigenvalue weighted by Gasteiger charge is 2.42. The number of ether oxygens (including phenoxy) is 1. The first-order chi connectivity index (χ1) is 16.0. The smallest absolute Gasteiger partial charge is 0.433 e. The Kier molecular flexibility index (Phi) is 10.5. The molecule has 3 rings (SSSR count). The number of primary amides is 1. The molecule has 11 heteroatoms. The molecule has 0 radical (unpaired) electrons. The molecular weight excluding hydrogens is 456 g/mol. The number of aliphatic hydroxyl groups excluding tert-OH is 1. The Hall–Kier alpha value is -3.65. The summed E-state index contributed by atoms with van der Waals surface area (Å²) in [4.78, 5) is 18.9. The standard InChI is InChI=1S/C17H13F4N3O3.C4H7N.C2H6/c1-8(25)2-3-9-6-10-12(7-11(9)18)27-5-4-24-14(17(19,20)21)13(15(22)26)23-16(10)24;1-3-4-5-2;1-2/h6-8,25H,4-5H2,1H3,(H2,22,26);3-4H,1H2,2H3;1-2H3. The molecule has 2 heterocycles. The van der Waals surface area contributed by atoms with Crippen molar-refractivity contribution in [2.75, 3.05) is 13.7 Å². The van der Waals surface area contributed by atoms with Crippen LogP contribution < -0.4 is 10.5 Å². The van der Waals surface area contributed by atoms with Gasteiger partial charge >= 0.3 is 6.18 Å². The average molecular weight is 482 g/mol. The fraction of sp³-hybridized carbons (Fsp3) is 0.348. The van der Waals surface area contributed by atoms with Gasteiger partial charge in [-0.1, -0.05) is 38.3 Å². The summed E-state index contributed by atoms with van der Waals surface area (Å²) >= 11 is 0. The maximum atomic E-state index is 14.2. The number of carbonyl (C=O) groups excluding carboxylic acids is 1. The number of imidazole rings is 1. The van der Waals surface area contributed by atoms with Gasteiger partial charge in [-0.3, -0.25) is 9.79 Å². The highest BCUT2D eigenvalue weighted by molar-refractivity contribution is 5.93. The van der Waals surface area contributed by atoms with Crippen LogP contribution in [0.1, 0.15) is 42.5 Å². The van der Waals surface area contributed by atoms with Crippen molar-refractivity contribution in [1.29, 1.82) is 0 Å². The number of benzene rings is 1. The van der Waals surface area contributed by atoms with Crippen molar-refractivity contribution in [3.8, 4) is 29.0 Å². The van der Waals surface area contributed by atoms with Crippen molar-refractivity contribution in [1.82, 2.24) is 9.55 Å². The van der Waals surface area contributed by atoms with E-state index in [9.17, 15) is 27.5 Å². The number of carbonyl (C=O) groups is 1. The quantitative estimate of drug-likeness (QED) is 0.386. The van der Waals surface area contributed by atoms with Gasteiger partial charge in [-0.2, -0.15) is 13.2 Å². The summed E-state index contributed by atoms with van der Waals surface area (Å²) in [5.74, 6) is 2.39. The Balaban J connectivity index is 0.000000733. The van der Waals surface area contributed by atoms with Crippen LogP contribution in [0.15, 0.2) is 29.8 Å². The van der Waals surface area contributed by atoms with Crippen molar-refractivity contribution in [3.05, 3.63) is 47.6 Å². The fourth-order valence-corrected chi connectivity index (χ4v) is 2.81. The topological polar surface area (TPSA) is 103 Å². The maximum absolute atomic E-state index is 14.2. The second kappa shape index (κ2) is 12.6. The number of aliphatic hydroxyl groups is 1. The van der Waals surface area contributed by atoms with Crippen molar-refractivity contribution >= 4 is 12.1 Å². The largest absolute Gasteiger partial charge is 0.491 e. The molecule has 0 spiro atoms. The molecule has 7 nitrogen and oxygen atoms in total. The lowest BCUT2D eigenvalue weighted by Crippen LogP contribution is -2.22. The summed E-state index contributed by atoms with van der Waals surface area (Å²) < 4.78 is 60.7. The average Bonchev–Trinajstić information content (AvgIpc) is 3.08. The number of halogens is 4. The van der Waals surface area contributed by atoms with Crippen LogP contribution in [-0.2, 0) is 12.7 Å². The Morgan fingerprint density at radius 2 is 2.06 bits per heavy atom. The van der Waals surface area contributed by atoms with Crippen LogP contribution in [0.5, 0.6) is 5.75 Å². The molecule has 1 unspecified atom stereocenters. The molecule has 1 atom stereocenters. The number of aliphatic imine (C=N–C) groups is 1. The number of allylic oxidation sites excluding steroid dienone is 1. The van der Waals surface area contributed by atoms with Gasteiger partial charge < -0.3 is 20.1 Å². The van der Waals surface area contributed by atoms with Gasteiger partial charge in [0, 0.05) is 19.3 Å². The van der Waals surface area contributed by atoms with Gasteiger partial charge in [-0.05, 0) is 13.0 Å². The van der Waals surface area contributed by atoms with Gasteiger partial charge in [-0.25, -0.2) is 9.37 Å². The number of alkyl halides is 3. The van der Waals surface area contributed by atoms with Crippen LogP contribution in [0, 0.1) is 17.7 Å². The number of hydrogen-bond acceptors (Lipinski definition) is 5. The molecule has 184 valence electrons. The van der Waals surface area contributed by atoms with Crippen LogP contribution in [0.25, 0.3) is 11.4 Å². The highest BCUT2D eigenvalue weighted by atomic mass is 19.4. The van der Waals surface area contributed by atoms with Crippen LogP contribution in [0.4, 0.5) is 17.6 Å². The van der Waals surface area contributed by atoms with E-state index in [1.807, 2.05) is 13.8 Å². The summed E-state index contributed by atoms with van der Waals surface area (Å²) in [5, 5.41) is 9.22. The summed E-state index contributed by atoms with van der Waals surface area (Å²) in [5.41, 5.74) is 2.71. The first-order valence-corrected chi connectivity index (χ1v) is 10.2. The molecule has 34 heavy (non-hydrogen) atoms. The number of aromatic nitrogens is 2. The summed E-state index contributed by atoms with van der Waals surface area (Å²) in [6.07, 6.45) is -2.63. The SMILES string of the molecule is C=CC=NC.CC.CC(O)C#Cc1cc2c(cc1F)OCCn1c-2nc(C(N)=O)c1C(F)(F)F. The number of rotatable bonds is 2. The molecule has 1 aromatic heterocycles. The van der Waals surface area contributed by atoms with E-state index < -0.39 is 35.4 Å². The Labute approximate surface area is 195 Å². The number of amides is 1. The summed E-state index contributed by atoms with van der Waals surface area (Å²) in [6, 6.07) is 2.14. The van der Waals surface area contributed by atoms with E-state index in [1.165, 1.54) is 6.92 Å². The maximum Gasteiger partial charge on any atom is 0.433 e. The third-order valence-corrected chi connectivity index (χ3v) is 4.02. The number of nitrogens with zero attached hydrogens (tertiary/aromatic N) is 3. The molecule has 0 bridgehead atoms. The minimum absolute atomic E-state index is 0.0294. The second-order valence-electron chi connectivity index (χ2n) is 6.41. The van der Waals surface area contributed by atoms with Gasteiger partial charge in [0.05, 0.1) is 17.7 Å². The van der Waals surface area contributed by atoms with Crippen LogP contribution >= 0.6 is 0 Å². The van der Waals surface area contributed by atoms with E-state index in [1.54, 1.807) is 19.3 Å². The van der Waals surface area contributed by atoms with Crippen LogP contribution in [-0.4, -0.2) is 46.5 Å². The zero-order chi connectivity index (χ0) is 26.1. The number of fused-ring (bicyclic) bond motifs is 3. The Morgan fingerprint density at radius 1 is 1.41 bits per heavy atom. The van der Waals surface area contributed by atoms with E-state index in [-0.39, 0.29) is 35.9 Å². The fourth-order valence-electron chi connectivity index (χ4n) is 2.81. The van der Waals surface area contributed by atoms with Crippen molar-refractivity contribution in [3.63, 3.8) is 0 Å². The van der Waals surface area contributed by atoms with Gasteiger partial charge in [0.1, 0.15) is 30.1 Å². The Morgan fingerprint density at radius 3 is 2.53 bits per heavy atom. The van der Waals surface area contributed by atoms with Gasteiger partial charge in [0.15, 0.2) is 11.4 Å². The minimum Gasteiger partial charge on any atom is -0.491 e. The molecule has 3 N–H and O–H groups in total.